The van der Waals surface area contributed by atoms with Crippen molar-refractivity contribution in [1.82, 2.24) is 9.88 Å². The van der Waals surface area contributed by atoms with Crippen LogP contribution in [-0.4, -0.2) is 21.6 Å². The average Bonchev–Trinajstić information content (AvgIpc) is 3.31. The number of nitrogens with one attached hydrogen (secondary N) is 1. The largest absolute Gasteiger partial charge is 0.397 e. The van der Waals surface area contributed by atoms with Crippen molar-refractivity contribution in [2.75, 3.05) is 0 Å². The van der Waals surface area contributed by atoms with Crippen molar-refractivity contribution in [1.29, 1.82) is 0 Å². The third-order valence-electron chi connectivity index (χ3n) is 5.45. The van der Waals surface area contributed by atoms with Crippen LogP contribution in [0.4, 0.5) is 5.95 Å². The van der Waals surface area contributed by atoms with Gasteiger partial charge in [-0.1, -0.05) is 26.7 Å². The predicted molar refractivity (Wildman–Crippen MR) is 110 cm³/mol. The number of nitrogens with zero attached hydrogens (tertiary/aromatic N) is 4. The van der Waals surface area contributed by atoms with Crippen LogP contribution < -0.4 is 15.4 Å². The summed E-state index contributed by atoms with van der Waals surface area (Å²) in [6.45, 7) is 4.77. The molecule has 1 N–H and O–H groups in total. The average molecular weight is 399 g/mol. The van der Waals surface area contributed by atoms with Gasteiger partial charge in [-0.15, -0.1) is 0 Å². The summed E-state index contributed by atoms with van der Waals surface area (Å²) in [6, 6.07) is 5.37. The molecule has 1 aromatic carbocycles. The summed E-state index contributed by atoms with van der Waals surface area (Å²) in [4.78, 5) is 25.7. The smallest absolute Gasteiger partial charge is 0.349 e. The van der Waals surface area contributed by atoms with Gasteiger partial charge in [0.25, 0.3) is 5.91 Å². The molecule has 146 valence electrons. The number of hydrogen-bond donors (Lipinski definition) is 1. The molecule has 4 rings (SSSR count). The number of benzene rings is 1. The number of hydrogen-bond acceptors (Lipinski definition) is 4. The molecule has 28 heavy (non-hydrogen) atoms. The molecule has 1 amide bonds. The first-order valence-electron chi connectivity index (χ1n) is 9.85. The van der Waals surface area contributed by atoms with Crippen molar-refractivity contribution in [2.45, 2.75) is 58.5 Å². The first kappa shape index (κ1) is 18.9. The summed E-state index contributed by atoms with van der Waals surface area (Å²) in [5, 5.41) is 12.0. The molecule has 1 fully saturated rings. The molecule has 8 heteroatoms. The van der Waals surface area contributed by atoms with Crippen LogP contribution in [0.3, 0.4) is 0 Å². The fourth-order valence-corrected chi connectivity index (χ4v) is 4.07. The second-order valence-electron chi connectivity index (χ2n) is 7.94. The maximum atomic E-state index is 13.1. The molecule has 7 nitrogen and oxygen atoms in total. The Morgan fingerprint density at radius 1 is 1.32 bits per heavy atom. The molecular weight excluding hydrogens is 374 g/mol. The Bertz CT molecular complexity index is 1050. The standard InChI is InChI=1S/C20H23N5O2S/c1-12(2)9-10-24-18(27)15-8-7-13(17(26)21-14-5-3-4-6-14)11-16(15)25-19(24)22-23-20(25)28/h7-8,11-12,14H,3-6,9-10H2,1-2H3/p+1. The van der Waals surface area contributed by atoms with Crippen LogP contribution in [-0.2, 0) is 6.54 Å². The van der Waals surface area contributed by atoms with Crippen LogP contribution >= 0.6 is 12.2 Å². The fourth-order valence-electron chi connectivity index (χ4n) is 3.85. The molecule has 1 saturated carbocycles. The quantitative estimate of drug-likeness (QED) is 0.620. The minimum Gasteiger partial charge on any atom is -0.349 e. The van der Waals surface area contributed by atoms with Crippen molar-refractivity contribution < 1.29 is 9.36 Å². The minimum absolute atomic E-state index is 0.120. The molecule has 0 bridgehead atoms. The maximum absolute atomic E-state index is 13.1. The van der Waals surface area contributed by atoms with Gasteiger partial charge < -0.3 is 5.32 Å². The lowest BCUT2D eigenvalue weighted by Crippen LogP contribution is -2.44. The van der Waals surface area contributed by atoms with Crippen LogP contribution in [0.15, 0.2) is 33.2 Å². The van der Waals surface area contributed by atoms with Gasteiger partial charge in [0.05, 0.1) is 17.0 Å². The topological polar surface area (TPSA) is 79.7 Å². The van der Waals surface area contributed by atoms with E-state index in [1.807, 2.05) is 0 Å². The lowest BCUT2D eigenvalue weighted by atomic mass is 10.1. The molecule has 1 aliphatic carbocycles. The zero-order chi connectivity index (χ0) is 19.8. The molecule has 0 unspecified atom stereocenters. The Morgan fingerprint density at radius 3 is 2.79 bits per heavy atom. The summed E-state index contributed by atoms with van der Waals surface area (Å²) in [5.74, 6) is 0.761. The van der Waals surface area contributed by atoms with Crippen LogP contribution in [0.25, 0.3) is 10.9 Å². The Labute approximate surface area is 168 Å². The zero-order valence-corrected chi connectivity index (χ0v) is 17.0. The predicted octanol–water partition coefficient (Wildman–Crippen LogP) is 3.24. The van der Waals surface area contributed by atoms with E-state index >= 15 is 0 Å². The molecule has 2 heterocycles. The third kappa shape index (κ3) is 3.37. The highest BCUT2D eigenvalue weighted by molar-refractivity contribution is 7.79. The summed E-state index contributed by atoms with van der Waals surface area (Å²) in [5.41, 5.74) is 0.964. The number of aromatic nitrogens is 2. The zero-order valence-electron chi connectivity index (χ0n) is 16.1. The first-order valence-corrected chi connectivity index (χ1v) is 10.3. The number of thiocarbonyl (C=S) groups is 1. The molecule has 0 spiro atoms. The van der Waals surface area contributed by atoms with Gasteiger partial charge >= 0.3 is 16.6 Å². The lowest BCUT2D eigenvalue weighted by molar-refractivity contribution is -0.508. The van der Waals surface area contributed by atoms with Gasteiger partial charge in [0.2, 0.25) is 0 Å². The number of carbonyl (C=O) groups is 1. The second kappa shape index (κ2) is 7.50. The van der Waals surface area contributed by atoms with E-state index < -0.39 is 0 Å². The van der Waals surface area contributed by atoms with Crippen LogP contribution in [0.1, 0.15) is 56.3 Å². The number of azo groups is 1. The van der Waals surface area contributed by atoms with E-state index in [-0.39, 0.29) is 22.6 Å². The summed E-state index contributed by atoms with van der Waals surface area (Å²) >= 11 is 5.35. The molecule has 0 radical (unpaired) electrons. The van der Waals surface area contributed by atoms with E-state index in [9.17, 15) is 9.59 Å². The Morgan fingerprint density at radius 2 is 2.07 bits per heavy atom. The Hall–Kier alpha value is -2.48. The van der Waals surface area contributed by atoms with E-state index in [1.165, 1.54) is 0 Å². The van der Waals surface area contributed by atoms with E-state index in [0.717, 1.165) is 32.1 Å². The van der Waals surface area contributed by atoms with E-state index in [2.05, 4.69) is 29.4 Å². The van der Waals surface area contributed by atoms with Crippen molar-refractivity contribution in [3.63, 3.8) is 0 Å². The van der Waals surface area contributed by atoms with Gasteiger partial charge in [0.15, 0.2) is 0 Å². The molecule has 1 aliphatic heterocycles. The number of rotatable bonds is 5. The normalized spacial score (nSPS) is 16.3. The van der Waals surface area contributed by atoms with E-state index in [1.54, 1.807) is 27.3 Å². The van der Waals surface area contributed by atoms with Gasteiger partial charge in [-0.3, -0.25) is 9.59 Å². The number of carbonyl (C=O) groups excluding carboxylic acids is 1. The molecule has 2 aromatic rings. The molecule has 1 aromatic heterocycles. The van der Waals surface area contributed by atoms with Gasteiger partial charge in [-0.05, 0) is 55.6 Å². The van der Waals surface area contributed by atoms with Gasteiger partial charge in [0.1, 0.15) is 5.52 Å². The van der Waals surface area contributed by atoms with Crippen molar-refractivity contribution >= 4 is 40.1 Å². The van der Waals surface area contributed by atoms with Crippen LogP contribution in [0, 0.1) is 5.92 Å². The highest BCUT2D eigenvalue weighted by atomic mass is 32.1. The summed E-state index contributed by atoms with van der Waals surface area (Å²) < 4.78 is 3.32. The van der Waals surface area contributed by atoms with Crippen molar-refractivity contribution in [3.8, 4) is 0 Å². The lowest BCUT2D eigenvalue weighted by Gasteiger charge is -2.13. The fraction of sp³-hybridized carbons (Fsp3) is 0.500. The SMILES string of the molecule is CC(C)CCn1c2[n+](c3cc(C(=O)NC4CCCC4)ccc3c1=O)C(=S)N=N2. The number of amides is 1. The summed E-state index contributed by atoms with van der Waals surface area (Å²) in [7, 11) is 0. The molecule has 0 atom stereocenters. The van der Waals surface area contributed by atoms with E-state index in [0.29, 0.717) is 34.9 Å². The molecule has 2 aliphatic rings. The summed E-state index contributed by atoms with van der Waals surface area (Å²) in [6.07, 6.45) is 5.19. The van der Waals surface area contributed by atoms with Crippen LogP contribution in [0.2, 0.25) is 0 Å². The highest BCUT2D eigenvalue weighted by Crippen LogP contribution is 2.21. The number of fused-ring (bicyclic) bond motifs is 3. The first-order chi connectivity index (χ1) is 13.5. The van der Waals surface area contributed by atoms with Gasteiger partial charge in [0, 0.05) is 16.7 Å². The monoisotopic (exact) mass is 398 g/mol. The van der Waals surface area contributed by atoms with Crippen LogP contribution in [0.5, 0.6) is 0 Å². The Kier molecular flexibility index (Phi) is 5.05. The van der Waals surface area contributed by atoms with Gasteiger partial charge in [-0.25, -0.2) is 4.57 Å². The second-order valence-corrected chi connectivity index (χ2v) is 8.31. The maximum Gasteiger partial charge on any atom is 0.397 e. The Balaban J connectivity index is 1.78. The van der Waals surface area contributed by atoms with Crippen molar-refractivity contribution in [2.24, 2.45) is 16.1 Å². The van der Waals surface area contributed by atoms with E-state index in [4.69, 9.17) is 12.2 Å². The highest BCUT2D eigenvalue weighted by Gasteiger charge is 2.31. The van der Waals surface area contributed by atoms with Crippen molar-refractivity contribution in [3.05, 3.63) is 34.1 Å². The third-order valence-corrected chi connectivity index (χ3v) is 5.72. The molecular formula is C20H24N5O2S+. The minimum atomic E-state index is -0.131. The molecule has 0 saturated heterocycles. The van der Waals surface area contributed by atoms with Gasteiger partial charge in [-0.2, -0.15) is 4.57 Å².